The number of esters is 1. The zero-order chi connectivity index (χ0) is 21.8. The summed E-state index contributed by atoms with van der Waals surface area (Å²) in [4.78, 5) is 24.4. The monoisotopic (exact) mass is 426 g/mol. The maximum atomic E-state index is 12.7. The lowest BCUT2D eigenvalue weighted by atomic mass is 9.71. The molecule has 0 aromatic heterocycles. The van der Waals surface area contributed by atoms with Crippen molar-refractivity contribution in [2.45, 2.75) is 33.3 Å². The first-order valence-corrected chi connectivity index (χ1v) is 10.1. The Morgan fingerprint density at radius 2 is 1.86 bits per heavy atom. The molecule has 0 saturated carbocycles. The van der Waals surface area contributed by atoms with E-state index in [1.54, 1.807) is 13.0 Å². The van der Waals surface area contributed by atoms with Crippen molar-refractivity contribution >= 4 is 20.4 Å². The Labute approximate surface area is 172 Å². The third kappa shape index (κ3) is 4.95. The molecule has 2 unspecified atom stereocenters. The molecule has 29 heavy (non-hydrogen) atoms. The summed E-state index contributed by atoms with van der Waals surface area (Å²) in [7, 11) is 2.40. The van der Waals surface area contributed by atoms with E-state index in [4.69, 9.17) is 27.8 Å². The van der Waals surface area contributed by atoms with Crippen molar-refractivity contribution in [1.82, 2.24) is 0 Å². The number of allylic oxidation sites excluding steroid dienone is 2. The molecule has 0 bridgehead atoms. The average Bonchev–Trinajstić information content (AvgIpc) is 2.99. The van der Waals surface area contributed by atoms with Gasteiger partial charge < -0.3 is 27.8 Å². The van der Waals surface area contributed by atoms with E-state index >= 15 is 0 Å². The van der Waals surface area contributed by atoms with Crippen LogP contribution in [-0.4, -0.2) is 45.8 Å². The SMILES string of the molecule is C=CC1=C(C)C(=O)C(OP(OC)OC/C=C2/OC(=O)C(OC)=C2OC)CC1(C)C. The molecule has 1 aliphatic carbocycles. The largest absolute Gasteiger partial charge is 0.490 e. The van der Waals surface area contributed by atoms with E-state index in [1.165, 1.54) is 27.4 Å². The fourth-order valence-electron chi connectivity index (χ4n) is 3.37. The minimum Gasteiger partial charge on any atom is -0.490 e. The van der Waals surface area contributed by atoms with Crippen LogP contribution in [0.15, 0.2) is 47.2 Å². The average molecular weight is 426 g/mol. The molecular weight excluding hydrogens is 399 g/mol. The molecule has 0 saturated heterocycles. The standard InChI is InChI=1S/C20H27O8P/c1-8-13-12(2)16(21)15(11-20(13,3)4)28-29(25-7)26-10-9-14-17(23-5)18(24-6)19(22)27-14/h8-9,15H,1,10-11H2,2-7H3/b14-9+. The summed E-state index contributed by atoms with van der Waals surface area (Å²) < 4.78 is 31.9. The molecule has 2 aliphatic rings. The van der Waals surface area contributed by atoms with Crippen molar-refractivity contribution in [1.29, 1.82) is 0 Å². The molecule has 0 N–H and O–H groups in total. The molecular formula is C20H27O8P. The van der Waals surface area contributed by atoms with Crippen LogP contribution in [0, 0.1) is 5.41 Å². The summed E-state index contributed by atoms with van der Waals surface area (Å²) >= 11 is 0. The number of ether oxygens (including phenoxy) is 3. The van der Waals surface area contributed by atoms with Crippen LogP contribution in [0.5, 0.6) is 0 Å². The van der Waals surface area contributed by atoms with E-state index in [9.17, 15) is 9.59 Å². The molecule has 2 rings (SSSR count). The van der Waals surface area contributed by atoms with Crippen molar-refractivity contribution in [2.24, 2.45) is 5.41 Å². The van der Waals surface area contributed by atoms with E-state index in [2.05, 4.69) is 6.58 Å². The van der Waals surface area contributed by atoms with Gasteiger partial charge in [-0.05, 0) is 36.0 Å². The molecule has 0 spiro atoms. The highest BCUT2D eigenvalue weighted by Gasteiger charge is 2.40. The van der Waals surface area contributed by atoms with E-state index in [-0.39, 0.29) is 35.1 Å². The number of cyclic esters (lactones) is 1. The van der Waals surface area contributed by atoms with Crippen LogP contribution in [0.4, 0.5) is 0 Å². The molecule has 0 fully saturated rings. The normalized spacial score (nSPS) is 24.1. The molecule has 9 heteroatoms. The Bertz CT molecular complexity index is 777. The van der Waals surface area contributed by atoms with E-state index in [0.29, 0.717) is 12.0 Å². The van der Waals surface area contributed by atoms with Gasteiger partial charge in [-0.15, -0.1) is 0 Å². The summed E-state index contributed by atoms with van der Waals surface area (Å²) in [6, 6.07) is 0. The molecule has 2 atom stereocenters. The van der Waals surface area contributed by atoms with Crippen LogP contribution in [0.2, 0.25) is 0 Å². The topological polar surface area (TPSA) is 89.5 Å². The van der Waals surface area contributed by atoms with Gasteiger partial charge in [0.15, 0.2) is 11.5 Å². The van der Waals surface area contributed by atoms with Crippen LogP contribution in [0.3, 0.4) is 0 Å². The van der Waals surface area contributed by atoms with Gasteiger partial charge in [0, 0.05) is 7.11 Å². The van der Waals surface area contributed by atoms with Gasteiger partial charge in [-0.25, -0.2) is 4.79 Å². The Morgan fingerprint density at radius 3 is 2.41 bits per heavy atom. The molecule has 8 nitrogen and oxygen atoms in total. The van der Waals surface area contributed by atoms with Gasteiger partial charge in [0.25, 0.3) is 5.76 Å². The number of rotatable bonds is 9. The van der Waals surface area contributed by atoms with Gasteiger partial charge in [0.2, 0.25) is 5.76 Å². The Balaban J connectivity index is 2.04. The second-order valence-electron chi connectivity index (χ2n) is 7.02. The van der Waals surface area contributed by atoms with E-state index in [1.807, 2.05) is 13.8 Å². The number of Topliss-reactive ketones (excluding diaryl/α,β-unsaturated/α-hetero) is 1. The van der Waals surface area contributed by atoms with Crippen LogP contribution in [-0.2, 0) is 37.4 Å². The quantitative estimate of drug-likeness (QED) is 0.407. The van der Waals surface area contributed by atoms with Crippen molar-refractivity contribution in [2.75, 3.05) is 27.9 Å². The zero-order valence-corrected chi connectivity index (χ0v) is 18.5. The lowest BCUT2D eigenvalue weighted by Crippen LogP contribution is -2.37. The van der Waals surface area contributed by atoms with Gasteiger partial charge >= 0.3 is 14.6 Å². The molecule has 0 amide bonds. The maximum Gasteiger partial charge on any atom is 0.383 e. The maximum absolute atomic E-state index is 12.7. The van der Waals surface area contributed by atoms with Gasteiger partial charge in [-0.2, -0.15) is 0 Å². The van der Waals surface area contributed by atoms with Crippen LogP contribution < -0.4 is 0 Å². The summed E-state index contributed by atoms with van der Waals surface area (Å²) in [6.07, 6.45) is 3.05. The highest BCUT2D eigenvalue weighted by molar-refractivity contribution is 7.41. The predicted octanol–water partition coefficient (Wildman–Crippen LogP) is 3.71. The van der Waals surface area contributed by atoms with Crippen molar-refractivity contribution in [3.63, 3.8) is 0 Å². The Kier molecular flexibility index (Phi) is 7.77. The first-order valence-electron chi connectivity index (χ1n) is 8.97. The number of carbonyl (C=O) groups is 2. The fourth-order valence-corrected chi connectivity index (χ4v) is 4.19. The number of hydrogen-bond acceptors (Lipinski definition) is 8. The molecule has 0 aromatic rings. The number of ketones is 1. The fraction of sp³-hybridized carbons (Fsp3) is 0.500. The van der Waals surface area contributed by atoms with Gasteiger partial charge in [-0.3, -0.25) is 4.79 Å². The summed E-state index contributed by atoms with van der Waals surface area (Å²) in [5.41, 5.74) is 1.30. The lowest BCUT2D eigenvalue weighted by molar-refractivity contribution is -0.136. The van der Waals surface area contributed by atoms with Crippen molar-refractivity contribution in [3.05, 3.63) is 47.2 Å². The summed E-state index contributed by atoms with van der Waals surface area (Å²) in [6.45, 7) is 9.68. The third-order valence-electron chi connectivity index (χ3n) is 4.73. The lowest BCUT2D eigenvalue weighted by Gasteiger charge is -2.36. The van der Waals surface area contributed by atoms with Gasteiger partial charge in [0.05, 0.1) is 20.8 Å². The second-order valence-corrected chi connectivity index (χ2v) is 8.30. The molecule has 1 aliphatic heterocycles. The minimum atomic E-state index is -1.79. The van der Waals surface area contributed by atoms with E-state index < -0.39 is 20.7 Å². The highest BCUT2D eigenvalue weighted by Crippen LogP contribution is 2.47. The summed E-state index contributed by atoms with van der Waals surface area (Å²) in [5, 5.41) is 0. The van der Waals surface area contributed by atoms with Crippen LogP contribution in [0.1, 0.15) is 27.2 Å². The molecule has 1 heterocycles. The first-order chi connectivity index (χ1) is 13.7. The van der Waals surface area contributed by atoms with Crippen molar-refractivity contribution < 1.29 is 37.4 Å². The third-order valence-corrected chi connectivity index (χ3v) is 5.82. The Morgan fingerprint density at radius 1 is 1.21 bits per heavy atom. The van der Waals surface area contributed by atoms with Crippen LogP contribution >= 0.6 is 8.60 Å². The molecule has 0 aromatic carbocycles. The molecule has 160 valence electrons. The smallest absolute Gasteiger partial charge is 0.383 e. The number of carbonyl (C=O) groups excluding carboxylic acids is 2. The molecule has 0 radical (unpaired) electrons. The van der Waals surface area contributed by atoms with E-state index in [0.717, 1.165) is 5.57 Å². The Hall–Kier alpha value is -1.99. The van der Waals surface area contributed by atoms with Crippen molar-refractivity contribution in [3.8, 4) is 0 Å². The number of hydrogen-bond donors (Lipinski definition) is 0. The van der Waals surface area contributed by atoms with Crippen LogP contribution in [0.25, 0.3) is 0 Å². The zero-order valence-electron chi connectivity index (χ0n) is 17.6. The second kappa shape index (κ2) is 9.67. The summed E-state index contributed by atoms with van der Waals surface area (Å²) in [5.74, 6) is -0.393. The minimum absolute atomic E-state index is 0.0145. The predicted molar refractivity (Wildman–Crippen MR) is 106 cm³/mol. The van der Waals surface area contributed by atoms with Gasteiger partial charge in [-0.1, -0.05) is 26.5 Å². The number of methoxy groups -OCH3 is 2. The first kappa shape index (κ1) is 23.3. The van der Waals surface area contributed by atoms with Gasteiger partial charge in [0.1, 0.15) is 6.10 Å². The highest BCUT2D eigenvalue weighted by atomic mass is 31.2.